The number of guanidine groups is 1. The Morgan fingerprint density at radius 1 is 1.50 bits per heavy atom. The predicted octanol–water partition coefficient (Wildman–Crippen LogP) is 2.76. The first-order chi connectivity index (χ1) is 11.2. The van der Waals surface area contributed by atoms with Gasteiger partial charge in [-0.25, -0.2) is 4.98 Å². The van der Waals surface area contributed by atoms with Crippen molar-refractivity contribution in [2.45, 2.75) is 13.0 Å². The topological polar surface area (TPSA) is 54.2 Å². The molecule has 0 amide bonds. The first kappa shape index (κ1) is 19.5. The average molecular weight is 508 g/mol. The molecule has 0 saturated carbocycles. The molecule has 0 aromatic carbocycles. The third-order valence-corrected chi connectivity index (χ3v) is 4.49. The zero-order valence-electron chi connectivity index (χ0n) is 13.9. The van der Waals surface area contributed by atoms with Gasteiger partial charge in [0.1, 0.15) is 5.65 Å². The molecule has 1 unspecified atom stereocenters. The SMILES string of the molecule is CN=C(NCc1cn2cc(Br)ccc2n1)N(C)CC1CCOC1.I. The van der Waals surface area contributed by atoms with Gasteiger partial charge in [-0.05, 0) is 34.5 Å². The maximum atomic E-state index is 5.44. The van der Waals surface area contributed by atoms with Crippen molar-refractivity contribution in [1.29, 1.82) is 0 Å². The van der Waals surface area contributed by atoms with Crippen molar-refractivity contribution in [2.24, 2.45) is 10.9 Å². The van der Waals surface area contributed by atoms with Gasteiger partial charge >= 0.3 is 0 Å². The molecule has 132 valence electrons. The Morgan fingerprint density at radius 3 is 3.04 bits per heavy atom. The van der Waals surface area contributed by atoms with Crippen molar-refractivity contribution in [1.82, 2.24) is 19.6 Å². The zero-order valence-corrected chi connectivity index (χ0v) is 17.8. The normalized spacial score (nSPS) is 17.8. The number of aliphatic imine (C=N–C) groups is 1. The summed E-state index contributed by atoms with van der Waals surface area (Å²) in [5.41, 5.74) is 1.93. The second-order valence-corrected chi connectivity index (χ2v) is 6.77. The average Bonchev–Trinajstić information content (AvgIpc) is 3.16. The van der Waals surface area contributed by atoms with Crippen LogP contribution in [0.5, 0.6) is 0 Å². The zero-order chi connectivity index (χ0) is 16.2. The van der Waals surface area contributed by atoms with E-state index in [2.05, 4.69) is 43.2 Å². The highest BCUT2D eigenvalue weighted by Crippen LogP contribution is 2.14. The van der Waals surface area contributed by atoms with E-state index in [0.29, 0.717) is 12.5 Å². The molecular weight excluding hydrogens is 485 g/mol. The second-order valence-electron chi connectivity index (χ2n) is 5.86. The Hall–Kier alpha value is -0.870. The smallest absolute Gasteiger partial charge is 0.193 e. The van der Waals surface area contributed by atoms with Crippen LogP contribution in [0.3, 0.4) is 0 Å². The van der Waals surface area contributed by atoms with Gasteiger partial charge in [0.15, 0.2) is 5.96 Å². The van der Waals surface area contributed by atoms with Crippen LogP contribution in [-0.2, 0) is 11.3 Å². The Labute approximate surface area is 167 Å². The molecule has 1 saturated heterocycles. The fourth-order valence-electron chi connectivity index (χ4n) is 2.86. The van der Waals surface area contributed by atoms with Crippen LogP contribution in [0.4, 0.5) is 0 Å². The highest BCUT2D eigenvalue weighted by Gasteiger charge is 2.19. The molecule has 0 spiro atoms. The summed E-state index contributed by atoms with van der Waals surface area (Å²) in [6, 6.07) is 3.99. The van der Waals surface area contributed by atoms with Crippen LogP contribution in [0, 0.1) is 5.92 Å². The van der Waals surface area contributed by atoms with Crippen LogP contribution >= 0.6 is 39.9 Å². The third-order valence-electron chi connectivity index (χ3n) is 4.02. The minimum absolute atomic E-state index is 0. The molecule has 1 N–H and O–H groups in total. The van der Waals surface area contributed by atoms with Gasteiger partial charge in [0.05, 0.1) is 18.8 Å². The molecule has 2 aromatic heterocycles. The lowest BCUT2D eigenvalue weighted by Gasteiger charge is -2.24. The summed E-state index contributed by atoms with van der Waals surface area (Å²) in [4.78, 5) is 11.1. The van der Waals surface area contributed by atoms with E-state index in [1.165, 1.54) is 0 Å². The first-order valence-corrected chi connectivity index (χ1v) is 8.57. The van der Waals surface area contributed by atoms with Crippen LogP contribution in [0.25, 0.3) is 5.65 Å². The molecule has 0 radical (unpaired) electrons. The van der Waals surface area contributed by atoms with Crippen molar-refractivity contribution in [2.75, 3.05) is 33.9 Å². The van der Waals surface area contributed by atoms with Gasteiger partial charge in [0, 0.05) is 50.0 Å². The lowest BCUT2D eigenvalue weighted by Crippen LogP contribution is -2.41. The van der Waals surface area contributed by atoms with Crippen LogP contribution in [0.15, 0.2) is 34.0 Å². The van der Waals surface area contributed by atoms with Crippen molar-refractivity contribution in [3.05, 3.63) is 34.7 Å². The second kappa shape index (κ2) is 9.00. The summed E-state index contributed by atoms with van der Waals surface area (Å²) < 4.78 is 8.50. The van der Waals surface area contributed by atoms with Gasteiger partial charge in [-0.3, -0.25) is 4.99 Å². The minimum atomic E-state index is 0. The molecular formula is C16H23BrIN5O. The van der Waals surface area contributed by atoms with E-state index in [0.717, 1.165) is 48.0 Å². The Balaban J connectivity index is 0.00000208. The number of ether oxygens (including phenoxy) is 1. The van der Waals surface area contributed by atoms with Gasteiger partial charge in [-0.2, -0.15) is 0 Å². The van der Waals surface area contributed by atoms with Gasteiger partial charge in [-0.1, -0.05) is 0 Å². The Morgan fingerprint density at radius 2 is 2.33 bits per heavy atom. The maximum Gasteiger partial charge on any atom is 0.193 e. The lowest BCUT2D eigenvalue weighted by molar-refractivity contribution is 0.181. The number of nitrogens with zero attached hydrogens (tertiary/aromatic N) is 4. The van der Waals surface area contributed by atoms with Crippen LogP contribution in [-0.4, -0.2) is 54.1 Å². The lowest BCUT2D eigenvalue weighted by atomic mass is 10.1. The van der Waals surface area contributed by atoms with Crippen molar-refractivity contribution >= 4 is 51.5 Å². The van der Waals surface area contributed by atoms with E-state index in [1.807, 2.05) is 36.0 Å². The quantitative estimate of drug-likeness (QED) is 0.393. The number of fused-ring (bicyclic) bond motifs is 1. The standard InChI is InChI=1S/C16H22BrN5O.HI/c1-18-16(21(2)8-12-5-6-23-11-12)19-7-14-10-22-9-13(17)3-4-15(22)20-14;/h3-4,9-10,12H,5-8,11H2,1-2H3,(H,18,19);1H. The molecule has 24 heavy (non-hydrogen) atoms. The summed E-state index contributed by atoms with van der Waals surface area (Å²) in [6.07, 6.45) is 5.17. The molecule has 3 rings (SSSR count). The number of hydrogen-bond donors (Lipinski definition) is 1. The van der Waals surface area contributed by atoms with E-state index in [9.17, 15) is 0 Å². The molecule has 2 aromatic rings. The molecule has 1 fully saturated rings. The molecule has 0 aliphatic carbocycles. The van der Waals surface area contributed by atoms with Gasteiger partial charge in [0.25, 0.3) is 0 Å². The molecule has 1 atom stereocenters. The van der Waals surface area contributed by atoms with E-state index >= 15 is 0 Å². The summed E-state index contributed by atoms with van der Waals surface area (Å²) >= 11 is 3.48. The predicted molar refractivity (Wildman–Crippen MR) is 110 cm³/mol. The van der Waals surface area contributed by atoms with Gasteiger partial charge in [-0.15, -0.1) is 24.0 Å². The number of rotatable bonds is 4. The van der Waals surface area contributed by atoms with Crippen LogP contribution < -0.4 is 5.32 Å². The number of nitrogens with one attached hydrogen (secondary N) is 1. The van der Waals surface area contributed by atoms with Crippen LogP contribution in [0.1, 0.15) is 12.1 Å². The molecule has 0 bridgehead atoms. The fourth-order valence-corrected chi connectivity index (χ4v) is 3.21. The van der Waals surface area contributed by atoms with Gasteiger partial charge in [0.2, 0.25) is 0 Å². The third kappa shape index (κ3) is 4.82. The largest absolute Gasteiger partial charge is 0.381 e. The van der Waals surface area contributed by atoms with Crippen molar-refractivity contribution in [3.63, 3.8) is 0 Å². The molecule has 1 aliphatic heterocycles. The summed E-state index contributed by atoms with van der Waals surface area (Å²) in [7, 11) is 3.87. The molecule has 3 heterocycles. The minimum Gasteiger partial charge on any atom is -0.381 e. The number of pyridine rings is 1. The summed E-state index contributed by atoms with van der Waals surface area (Å²) in [5, 5.41) is 3.38. The molecule has 1 aliphatic rings. The number of imidazole rings is 1. The number of hydrogen-bond acceptors (Lipinski definition) is 3. The Bertz CT molecular complexity index is 699. The monoisotopic (exact) mass is 507 g/mol. The maximum absolute atomic E-state index is 5.44. The molecule has 6 nitrogen and oxygen atoms in total. The summed E-state index contributed by atoms with van der Waals surface area (Å²) in [6.45, 7) is 3.33. The van der Waals surface area contributed by atoms with E-state index in [-0.39, 0.29) is 24.0 Å². The summed E-state index contributed by atoms with van der Waals surface area (Å²) in [5.74, 6) is 1.47. The Kier molecular flexibility index (Phi) is 7.30. The molecule has 8 heteroatoms. The van der Waals surface area contributed by atoms with Crippen LogP contribution in [0.2, 0.25) is 0 Å². The fraction of sp³-hybridized carbons (Fsp3) is 0.500. The van der Waals surface area contributed by atoms with E-state index < -0.39 is 0 Å². The van der Waals surface area contributed by atoms with Gasteiger partial charge < -0.3 is 19.4 Å². The van der Waals surface area contributed by atoms with E-state index in [1.54, 1.807) is 0 Å². The van der Waals surface area contributed by atoms with Crippen molar-refractivity contribution < 1.29 is 4.74 Å². The number of halogens is 2. The highest BCUT2D eigenvalue weighted by atomic mass is 127. The van der Waals surface area contributed by atoms with Crippen molar-refractivity contribution in [3.8, 4) is 0 Å². The number of aromatic nitrogens is 2. The van der Waals surface area contributed by atoms with E-state index in [4.69, 9.17) is 4.74 Å². The highest BCUT2D eigenvalue weighted by molar-refractivity contribution is 14.0. The first-order valence-electron chi connectivity index (χ1n) is 7.78.